The molecule has 0 unspecified atom stereocenters. The minimum absolute atomic E-state index is 0.0351. The van der Waals surface area contributed by atoms with Crippen LogP contribution in [0.3, 0.4) is 0 Å². The monoisotopic (exact) mass is 442 g/mol. The Balaban J connectivity index is 1.98. The molecule has 0 aliphatic carbocycles. The quantitative estimate of drug-likeness (QED) is 0.380. The summed E-state index contributed by atoms with van der Waals surface area (Å²) in [5.74, 6) is -2.00. The maximum Gasteiger partial charge on any atom is 0.267 e. The molecule has 2 amide bonds. The summed E-state index contributed by atoms with van der Waals surface area (Å²) in [5.41, 5.74) is 0.545. The van der Waals surface area contributed by atoms with E-state index in [1.165, 1.54) is 29.8 Å². The summed E-state index contributed by atoms with van der Waals surface area (Å²) in [4.78, 5) is 40.7. The number of halogens is 1. The minimum atomic E-state index is -0.816. The molecule has 168 valence electrons. The van der Waals surface area contributed by atoms with Gasteiger partial charge in [0.05, 0.1) is 12.1 Å². The molecule has 0 bridgehead atoms. The van der Waals surface area contributed by atoms with Crippen LogP contribution < -0.4 is 16.2 Å². The van der Waals surface area contributed by atoms with Crippen molar-refractivity contribution in [2.24, 2.45) is 0 Å². The zero-order chi connectivity index (χ0) is 23.3. The molecule has 3 rings (SSSR count). The molecule has 1 aromatic carbocycles. The van der Waals surface area contributed by atoms with E-state index in [2.05, 4.69) is 15.6 Å². The van der Waals surface area contributed by atoms with Crippen molar-refractivity contribution >= 4 is 22.8 Å². The zero-order valence-corrected chi connectivity index (χ0v) is 17.4. The van der Waals surface area contributed by atoms with E-state index in [4.69, 9.17) is 0 Å². The number of aliphatic hydroxyl groups excluding tert-OH is 1. The standard InChI is InChI=1S/C22H23FN4O5/c1-13(29)24-6-7-25-21(31)18-20(30)19-17(27(8-9-28)22(18)32)11-15(12-26-19)10-14-2-4-16(23)5-3-14/h2-5,11-12,28,30H,6-10H2,1H3,(H,24,29)(H,25,31). The molecule has 0 aliphatic heterocycles. The van der Waals surface area contributed by atoms with Gasteiger partial charge in [-0.25, -0.2) is 4.39 Å². The van der Waals surface area contributed by atoms with Gasteiger partial charge >= 0.3 is 0 Å². The number of amides is 2. The molecule has 32 heavy (non-hydrogen) atoms. The second kappa shape index (κ2) is 10.0. The highest BCUT2D eigenvalue weighted by Gasteiger charge is 2.23. The first-order valence-corrected chi connectivity index (χ1v) is 9.94. The summed E-state index contributed by atoms with van der Waals surface area (Å²) in [7, 11) is 0. The van der Waals surface area contributed by atoms with Gasteiger partial charge in [0.15, 0.2) is 5.75 Å². The smallest absolute Gasteiger partial charge is 0.267 e. The Morgan fingerprint density at radius 3 is 2.47 bits per heavy atom. The number of hydrogen-bond donors (Lipinski definition) is 4. The number of carbonyl (C=O) groups is 2. The van der Waals surface area contributed by atoms with Gasteiger partial charge in [0, 0.05) is 32.8 Å². The molecule has 4 N–H and O–H groups in total. The van der Waals surface area contributed by atoms with E-state index in [1.807, 2.05) is 0 Å². The van der Waals surface area contributed by atoms with Gasteiger partial charge in [0.2, 0.25) is 5.91 Å². The third kappa shape index (κ3) is 5.09. The molecular formula is C22H23FN4O5. The largest absolute Gasteiger partial charge is 0.505 e. The summed E-state index contributed by atoms with van der Waals surface area (Å²) >= 11 is 0. The maximum atomic E-state index is 13.1. The van der Waals surface area contributed by atoms with Crippen molar-refractivity contribution in [3.05, 3.63) is 69.4 Å². The van der Waals surface area contributed by atoms with Gasteiger partial charge in [0.1, 0.15) is 16.9 Å². The molecule has 0 saturated carbocycles. The zero-order valence-electron chi connectivity index (χ0n) is 17.4. The highest BCUT2D eigenvalue weighted by atomic mass is 19.1. The van der Waals surface area contributed by atoms with Crippen LogP contribution in [0, 0.1) is 5.82 Å². The van der Waals surface area contributed by atoms with Crippen LogP contribution in [0.4, 0.5) is 4.39 Å². The van der Waals surface area contributed by atoms with Crippen molar-refractivity contribution in [2.45, 2.75) is 19.9 Å². The van der Waals surface area contributed by atoms with Gasteiger partial charge < -0.3 is 25.4 Å². The molecule has 0 aliphatic rings. The van der Waals surface area contributed by atoms with Gasteiger partial charge in [-0.1, -0.05) is 12.1 Å². The number of benzene rings is 1. The van der Waals surface area contributed by atoms with Crippen LogP contribution in [-0.4, -0.2) is 51.3 Å². The number of carbonyl (C=O) groups excluding carboxylic acids is 2. The summed E-state index contributed by atoms with van der Waals surface area (Å²) < 4.78 is 14.3. The number of nitrogens with one attached hydrogen (secondary N) is 2. The SMILES string of the molecule is CC(=O)NCCNC(=O)c1c(O)c2ncc(Cc3ccc(F)cc3)cc2n(CCO)c1=O. The van der Waals surface area contributed by atoms with Crippen molar-refractivity contribution < 1.29 is 24.2 Å². The minimum Gasteiger partial charge on any atom is -0.505 e. The number of hydrogen-bond acceptors (Lipinski definition) is 6. The van der Waals surface area contributed by atoms with Crippen molar-refractivity contribution in [1.29, 1.82) is 0 Å². The number of aliphatic hydroxyl groups is 1. The van der Waals surface area contributed by atoms with Crippen LogP contribution in [0.25, 0.3) is 11.0 Å². The fourth-order valence-corrected chi connectivity index (χ4v) is 3.31. The van der Waals surface area contributed by atoms with Gasteiger partial charge in [-0.05, 0) is 35.7 Å². The third-order valence-electron chi connectivity index (χ3n) is 4.79. The number of aromatic hydroxyl groups is 1. The predicted molar refractivity (Wildman–Crippen MR) is 115 cm³/mol. The Morgan fingerprint density at radius 1 is 1.12 bits per heavy atom. The number of rotatable bonds is 8. The first-order chi connectivity index (χ1) is 15.3. The highest BCUT2D eigenvalue weighted by molar-refractivity contribution is 6.01. The van der Waals surface area contributed by atoms with Gasteiger partial charge in [-0.3, -0.25) is 19.4 Å². The molecule has 2 aromatic heterocycles. The number of aromatic nitrogens is 2. The molecule has 10 heteroatoms. The summed E-state index contributed by atoms with van der Waals surface area (Å²) in [6.45, 7) is 1.07. The van der Waals surface area contributed by atoms with Crippen LogP contribution >= 0.6 is 0 Å². The van der Waals surface area contributed by atoms with E-state index in [0.717, 1.165) is 5.56 Å². The van der Waals surface area contributed by atoms with Crippen molar-refractivity contribution in [2.75, 3.05) is 19.7 Å². The lowest BCUT2D eigenvalue weighted by Crippen LogP contribution is -2.37. The molecule has 2 heterocycles. The molecule has 0 spiro atoms. The van der Waals surface area contributed by atoms with Crippen LogP contribution in [0.1, 0.15) is 28.4 Å². The lowest BCUT2D eigenvalue weighted by molar-refractivity contribution is -0.118. The van der Waals surface area contributed by atoms with Gasteiger partial charge in [-0.15, -0.1) is 0 Å². The Bertz CT molecular complexity index is 1210. The topological polar surface area (TPSA) is 134 Å². The summed E-state index contributed by atoms with van der Waals surface area (Å²) in [5, 5.41) is 25.1. The number of pyridine rings is 2. The van der Waals surface area contributed by atoms with Crippen LogP contribution in [0.2, 0.25) is 0 Å². The Morgan fingerprint density at radius 2 is 1.81 bits per heavy atom. The lowest BCUT2D eigenvalue weighted by atomic mass is 10.1. The first-order valence-electron chi connectivity index (χ1n) is 9.94. The van der Waals surface area contributed by atoms with Crippen molar-refractivity contribution in [1.82, 2.24) is 20.2 Å². The molecule has 0 fully saturated rings. The fraction of sp³-hybridized carbons (Fsp3) is 0.273. The van der Waals surface area contributed by atoms with Gasteiger partial charge in [0.25, 0.3) is 11.5 Å². The van der Waals surface area contributed by atoms with E-state index in [0.29, 0.717) is 12.0 Å². The van der Waals surface area contributed by atoms with E-state index in [1.54, 1.807) is 18.2 Å². The molecule has 3 aromatic rings. The van der Waals surface area contributed by atoms with Crippen LogP contribution in [-0.2, 0) is 17.8 Å². The van der Waals surface area contributed by atoms with Crippen molar-refractivity contribution in [3.8, 4) is 5.75 Å². The van der Waals surface area contributed by atoms with E-state index in [9.17, 15) is 29.0 Å². The maximum absolute atomic E-state index is 13.1. The fourth-order valence-electron chi connectivity index (χ4n) is 3.31. The molecule has 9 nitrogen and oxygen atoms in total. The molecular weight excluding hydrogens is 419 g/mol. The van der Waals surface area contributed by atoms with E-state index >= 15 is 0 Å². The van der Waals surface area contributed by atoms with Crippen LogP contribution in [0.5, 0.6) is 5.75 Å². The molecule has 0 saturated heterocycles. The highest BCUT2D eigenvalue weighted by Crippen LogP contribution is 2.26. The Hall–Kier alpha value is -3.79. The third-order valence-corrected chi connectivity index (χ3v) is 4.79. The summed E-state index contributed by atoms with van der Waals surface area (Å²) in [6.07, 6.45) is 1.90. The average Bonchev–Trinajstić information content (AvgIpc) is 2.75. The van der Waals surface area contributed by atoms with Gasteiger partial charge in [-0.2, -0.15) is 0 Å². The second-order valence-corrected chi connectivity index (χ2v) is 7.16. The normalized spacial score (nSPS) is 10.8. The summed E-state index contributed by atoms with van der Waals surface area (Å²) in [6, 6.07) is 7.58. The van der Waals surface area contributed by atoms with Crippen molar-refractivity contribution in [3.63, 3.8) is 0 Å². The lowest BCUT2D eigenvalue weighted by Gasteiger charge is -2.15. The number of fused-ring (bicyclic) bond motifs is 1. The predicted octanol–water partition coefficient (Wildman–Crippen LogP) is 0.690. The molecule has 0 radical (unpaired) electrons. The second-order valence-electron chi connectivity index (χ2n) is 7.16. The number of nitrogens with zero attached hydrogens (tertiary/aromatic N) is 2. The van der Waals surface area contributed by atoms with E-state index in [-0.39, 0.29) is 49.0 Å². The Labute approximate surface area is 182 Å². The average molecular weight is 442 g/mol. The van der Waals surface area contributed by atoms with Crippen LogP contribution in [0.15, 0.2) is 41.3 Å². The Kier molecular flexibility index (Phi) is 7.16. The first kappa shape index (κ1) is 22.9. The molecule has 0 atom stereocenters. The van der Waals surface area contributed by atoms with E-state index < -0.39 is 22.8 Å².